The quantitative estimate of drug-likeness (QED) is 0.833. The van der Waals surface area contributed by atoms with E-state index < -0.39 is 0 Å². The molecule has 0 amide bonds. The van der Waals surface area contributed by atoms with E-state index in [1.807, 2.05) is 11.3 Å². The minimum absolute atomic E-state index is 0.513. The lowest BCUT2D eigenvalue weighted by molar-refractivity contribution is 0.417. The fourth-order valence-corrected chi connectivity index (χ4v) is 3.08. The van der Waals surface area contributed by atoms with Crippen LogP contribution in [0.5, 0.6) is 0 Å². The highest BCUT2D eigenvalue weighted by Crippen LogP contribution is 2.40. The first-order valence-corrected chi connectivity index (χ1v) is 6.23. The van der Waals surface area contributed by atoms with Gasteiger partial charge in [-0.05, 0) is 18.8 Å². The number of nitrogens with two attached hydrogens (primary N) is 1. The fraction of sp³-hybridized carbons (Fsp3) is 0.727. The van der Waals surface area contributed by atoms with Crippen molar-refractivity contribution in [1.29, 1.82) is 0 Å². The predicted molar refractivity (Wildman–Crippen MR) is 60.7 cm³/mol. The van der Waals surface area contributed by atoms with E-state index in [9.17, 15) is 0 Å². The molecule has 2 rings (SSSR count). The largest absolute Gasteiger partial charge is 0.326 e. The second-order valence-electron chi connectivity index (χ2n) is 4.35. The summed E-state index contributed by atoms with van der Waals surface area (Å²) in [6.45, 7) is 5.04. The van der Waals surface area contributed by atoms with Gasteiger partial charge < -0.3 is 5.73 Å². The van der Waals surface area contributed by atoms with Crippen LogP contribution in [-0.2, 0) is 6.54 Å². The highest BCUT2D eigenvalue weighted by molar-refractivity contribution is 7.11. The smallest absolute Gasteiger partial charge is 0.0962 e. The molecule has 14 heavy (non-hydrogen) atoms. The molecule has 0 unspecified atom stereocenters. The van der Waals surface area contributed by atoms with Gasteiger partial charge in [0, 0.05) is 17.3 Å². The molecule has 78 valence electrons. The summed E-state index contributed by atoms with van der Waals surface area (Å²) in [6.07, 6.45) is 4.03. The molecule has 1 aliphatic rings. The Morgan fingerprint density at radius 3 is 2.57 bits per heavy atom. The van der Waals surface area contributed by atoms with Crippen molar-refractivity contribution >= 4 is 11.3 Å². The molecule has 0 bridgehead atoms. The first-order valence-electron chi connectivity index (χ1n) is 5.42. The first kappa shape index (κ1) is 10.1. The van der Waals surface area contributed by atoms with Gasteiger partial charge in [-0.2, -0.15) is 0 Å². The molecule has 0 aromatic carbocycles. The zero-order chi connectivity index (χ0) is 10.1. The lowest BCUT2D eigenvalue weighted by Crippen LogP contribution is -2.08. The van der Waals surface area contributed by atoms with E-state index in [-0.39, 0.29) is 0 Å². The number of nitrogens with zero attached hydrogens (tertiary/aromatic N) is 1. The van der Waals surface area contributed by atoms with Crippen molar-refractivity contribution < 1.29 is 0 Å². The molecule has 1 heterocycles. The van der Waals surface area contributed by atoms with Crippen molar-refractivity contribution in [3.8, 4) is 0 Å². The van der Waals surface area contributed by atoms with Crippen LogP contribution in [0.4, 0.5) is 0 Å². The molecule has 1 saturated carbocycles. The first-order chi connectivity index (χ1) is 6.72. The zero-order valence-electron chi connectivity index (χ0n) is 8.92. The molecule has 0 spiro atoms. The third-order valence-electron chi connectivity index (χ3n) is 2.93. The second kappa shape index (κ2) is 3.99. The molecule has 1 aliphatic carbocycles. The van der Waals surface area contributed by atoms with Crippen molar-refractivity contribution in [2.24, 2.45) is 5.73 Å². The summed E-state index contributed by atoms with van der Waals surface area (Å²) in [7, 11) is 0. The van der Waals surface area contributed by atoms with Crippen LogP contribution in [0.3, 0.4) is 0 Å². The van der Waals surface area contributed by atoms with Crippen LogP contribution in [-0.4, -0.2) is 4.98 Å². The van der Waals surface area contributed by atoms with Crippen molar-refractivity contribution in [3.05, 3.63) is 15.6 Å². The maximum Gasteiger partial charge on any atom is 0.0962 e. The van der Waals surface area contributed by atoms with E-state index in [0.717, 1.165) is 5.92 Å². The Kier molecular flexibility index (Phi) is 2.88. The van der Waals surface area contributed by atoms with Crippen molar-refractivity contribution in [3.63, 3.8) is 0 Å². The number of aromatic nitrogens is 1. The molecule has 1 aromatic heterocycles. The van der Waals surface area contributed by atoms with Crippen molar-refractivity contribution in [2.45, 2.75) is 51.5 Å². The monoisotopic (exact) mass is 210 g/mol. The van der Waals surface area contributed by atoms with E-state index in [1.165, 1.54) is 34.8 Å². The molecular formula is C11H18N2S. The summed E-state index contributed by atoms with van der Waals surface area (Å²) < 4.78 is 0. The van der Waals surface area contributed by atoms with E-state index in [4.69, 9.17) is 10.7 Å². The van der Waals surface area contributed by atoms with Crippen LogP contribution in [0.25, 0.3) is 0 Å². The average Bonchev–Trinajstić information content (AvgIpc) is 2.45. The molecule has 0 atom stereocenters. The molecule has 1 fully saturated rings. The molecule has 2 nitrogen and oxygen atoms in total. The summed E-state index contributed by atoms with van der Waals surface area (Å²) in [6, 6.07) is 0. The van der Waals surface area contributed by atoms with Crippen LogP contribution in [0.1, 0.15) is 60.5 Å². The van der Waals surface area contributed by atoms with Crippen LogP contribution < -0.4 is 5.73 Å². The Balaban J connectivity index is 2.25. The summed E-state index contributed by atoms with van der Waals surface area (Å²) in [5, 5.41) is 1.33. The number of rotatable bonds is 3. The Morgan fingerprint density at radius 1 is 1.50 bits per heavy atom. The number of hydrogen-bond acceptors (Lipinski definition) is 3. The molecule has 2 N–H and O–H groups in total. The number of hydrogen-bond donors (Lipinski definition) is 1. The van der Waals surface area contributed by atoms with Gasteiger partial charge in [-0.15, -0.1) is 11.3 Å². The highest BCUT2D eigenvalue weighted by Gasteiger charge is 2.24. The van der Waals surface area contributed by atoms with E-state index in [0.29, 0.717) is 12.5 Å². The highest BCUT2D eigenvalue weighted by atomic mass is 32.1. The van der Waals surface area contributed by atoms with Crippen LogP contribution >= 0.6 is 11.3 Å². The lowest BCUT2D eigenvalue weighted by atomic mass is 9.86. The minimum Gasteiger partial charge on any atom is -0.326 e. The Bertz CT molecular complexity index is 313. The molecule has 1 aromatic rings. The third kappa shape index (κ3) is 1.71. The van der Waals surface area contributed by atoms with E-state index in [1.54, 1.807) is 0 Å². The van der Waals surface area contributed by atoms with Crippen LogP contribution in [0.2, 0.25) is 0 Å². The predicted octanol–water partition coefficient (Wildman–Crippen LogP) is 2.99. The van der Waals surface area contributed by atoms with Gasteiger partial charge in [0.2, 0.25) is 0 Å². The van der Waals surface area contributed by atoms with Gasteiger partial charge in [0.25, 0.3) is 0 Å². The number of thiazole rings is 1. The molecular weight excluding hydrogens is 192 g/mol. The topological polar surface area (TPSA) is 38.9 Å². The summed E-state index contributed by atoms with van der Waals surface area (Å²) in [5.74, 6) is 1.26. The van der Waals surface area contributed by atoms with Gasteiger partial charge in [0.1, 0.15) is 0 Å². The SMILES string of the molecule is CC(C)c1nc(C2CCC2)sc1CN. The van der Waals surface area contributed by atoms with Crippen LogP contribution in [0.15, 0.2) is 0 Å². The molecule has 0 saturated heterocycles. The minimum atomic E-state index is 0.513. The molecule has 0 radical (unpaired) electrons. The molecule has 0 aliphatic heterocycles. The Hall–Kier alpha value is -0.410. The Labute approximate surface area is 89.5 Å². The lowest BCUT2D eigenvalue weighted by Gasteiger charge is -2.22. The van der Waals surface area contributed by atoms with Crippen molar-refractivity contribution in [2.75, 3.05) is 0 Å². The van der Waals surface area contributed by atoms with Crippen molar-refractivity contribution in [1.82, 2.24) is 4.98 Å². The molecule has 3 heteroatoms. The Morgan fingerprint density at radius 2 is 2.21 bits per heavy atom. The van der Waals surface area contributed by atoms with Gasteiger partial charge in [-0.3, -0.25) is 0 Å². The standard InChI is InChI=1S/C11H18N2S/c1-7(2)10-9(6-12)14-11(13-10)8-4-3-5-8/h7-8H,3-6,12H2,1-2H3. The maximum atomic E-state index is 5.73. The van der Waals surface area contributed by atoms with Gasteiger partial charge in [0.15, 0.2) is 0 Å². The third-order valence-corrected chi connectivity index (χ3v) is 4.19. The van der Waals surface area contributed by atoms with Gasteiger partial charge in [0.05, 0.1) is 10.7 Å². The van der Waals surface area contributed by atoms with Gasteiger partial charge in [-0.25, -0.2) is 4.98 Å². The fourth-order valence-electron chi connectivity index (χ4n) is 1.81. The zero-order valence-corrected chi connectivity index (χ0v) is 9.73. The van der Waals surface area contributed by atoms with Gasteiger partial charge in [-0.1, -0.05) is 20.3 Å². The van der Waals surface area contributed by atoms with Gasteiger partial charge >= 0.3 is 0 Å². The average molecular weight is 210 g/mol. The maximum absolute atomic E-state index is 5.73. The normalized spacial score (nSPS) is 17.4. The van der Waals surface area contributed by atoms with Crippen LogP contribution in [0, 0.1) is 0 Å². The summed E-state index contributed by atoms with van der Waals surface area (Å²) in [4.78, 5) is 6.03. The van der Waals surface area contributed by atoms with E-state index in [2.05, 4.69) is 13.8 Å². The summed E-state index contributed by atoms with van der Waals surface area (Å²) in [5.41, 5.74) is 6.97. The van der Waals surface area contributed by atoms with E-state index >= 15 is 0 Å². The second-order valence-corrected chi connectivity index (χ2v) is 5.46. The summed E-state index contributed by atoms with van der Waals surface area (Å²) >= 11 is 1.84.